The number of nitro benzene ring substituents is 1. The second kappa shape index (κ2) is 17.2. The lowest BCUT2D eigenvalue weighted by Gasteiger charge is -2.68. The first-order valence-corrected chi connectivity index (χ1v) is 21.2. The Bertz CT molecular complexity index is 2350. The molecule has 1 aliphatic heterocycles. The Kier molecular flexibility index (Phi) is 12.4. The fourth-order valence-corrected chi connectivity index (χ4v) is 10.9. The highest BCUT2D eigenvalue weighted by Crippen LogP contribution is 2.65. The van der Waals surface area contributed by atoms with Gasteiger partial charge in [-0.25, -0.2) is 14.4 Å². The average molecular weight is 884 g/mol. The van der Waals surface area contributed by atoms with Crippen LogP contribution in [0.1, 0.15) is 83.1 Å². The molecule has 0 amide bonds. The molecule has 3 aliphatic carbocycles. The Morgan fingerprint density at radius 1 is 0.938 bits per heavy atom. The Morgan fingerprint density at radius 3 is 2.12 bits per heavy atom. The summed E-state index contributed by atoms with van der Waals surface area (Å²) >= 11 is 0. The van der Waals surface area contributed by atoms with E-state index < -0.39 is 99.3 Å². The van der Waals surface area contributed by atoms with Crippen molar-refractivity contribution in [2.45, 2.75) is 109 Å². The molecule has 16 heteroatoms. The third kappa shape index (κ3) is 7.64. The van der Waals surface area contributed by atoms with Gasteiger partial charge >= 0.3 is 24.1 Å². The van der Waals surface area contributed by atoms with Crippen LogP contribution in [-0.2, 0) is 42.8 Å². The van der Waals surface area contributed by atoms with Gasteiger partial charge in [-0.05, 0) is 54.8 Å². The summed E-state index contributed by atoms with van der Waals surface area (Å²) in [5.74, 6) is -6.00. The molecule has 0 aromatic heterocycles. The number of esters is 3. The lowest BCUT2D eigenvalue weighted by molar-refractivity contribution is -0.384. The van der Waals surface area contributed by atoms with Gasteiger partial charge in [-0.2, -0.15) is 0 Å². The number of methoxy groups -OCH3 is 1. The average Bonchev–Trinajstić information content (AvgIpc) is 3.25. The monoisotopic (exact) mass is 883 g/mol. The van der Waals surface area contributed by atoms with E-state index in [1.54, 1.807) is 102 Å². The molecule has 0 spiro atoms. The van der Waals surface area contributed by atoms with Crippen molar-refractivity contribution < 1.29 is 67.2 Å². The summed E-state index contributed by atoms with van der Waals surface area (Å²) in [6.45, 7) is 11.3. The first-order chi connectivity index (χ1) is 30.2. The smallest absolute Gasteiger partial charge is 0.455 e. The molecule has 1 N–H and O–H groups in total. The summed E-state index contributed by atoms with van der Waals surface area (Å²) in [6, 6.07) is 21.5. The molecular formula is C48H53NO15. The number of hydrogen-bond acceptors (Lipinski definition) is 15. The molecule has 1 saturated heterocycles. The van der Waals surface area contributed by atoms with Crippen molar-refractivity contribution >= 4 is 35.5 Å². The van der Waals surface area contributed by atoms with Crippen LogP contribution >= 0.6 is 0 Å². The molecule has 1 heterocycles. The minimum absolute atomic E-state index is 0.0849. The molecule has 11 atom stereocenters. The third-order valence-electron chi connectivity index (χ3n) is 14.2. The highest BCUT2D eigenvalue weighted by molar-refractivity contribution is 5.92. The molecule has 7 rings (SSSR count). The van der Waals surface area contributed by atoms with Crippen LogP contribution in [0, 0.1) is 32.8 Å². The van der Waals surface area contributed by atoms with Crippen molar-refractivity contribution in [3.05, 3.63) is 117 Å². The van der Waals surface area contributed by atoms with E-state index >= 15 is 4.79 Å². The number of rotatable bonds is 11. The number of carbonyl (C=O) groups excluding carboxylic acids is 5. The van der Waals surface area contributed by atoms with Gasteiger partial charge in [0.2, 0.25) is 6.10 Å². The molecule has 2 bridgehead atoms. The number of nitro groups is 1. The quantitative estimate of drug-likeness (QED) is 0.0520. The second-order valence-corrected chi connectivity index (χ2v) is 18.0. The zero-order valence-electron chi connectivity index (χ0n) is 36.9. The number of aliphatic hydroxyl groups is 1. The van der Waals surface area contributed by atoms with Crippen molar-refractivity contribution in [2.24, 2.45) is 22.7 Å². The van der Waals surface area contributed by atoms with Gasteiger partial charge in [0.15, 0.2) is 5.60 Å². The summed E-state index contributed by atoms with van der Waals surface area (Å²) in [6.07, 6.45) is -7.75. The predicted octanol–water partition coefficient (Wildman–Crippen LogP) is 6.86. The fraction of sp³-hybridized carbons (Fsp3) is 0.479. The number of fused-ring (bicyclic) bond motifs is 5. The Hall–Kier alpha value is -5.97. The van der Waals surface area contributed by atoms with Gasteiger partial charge in [0.05, 0.1) is 34.5 Å². The first-order valence-electron chi connectivity index (χ1n) is 21.2. The lowest BCUT2D eigenvalue weighted by Crippen LogP contribution is -2.81. The molecule has 3 aromatic carbocycles. The van der Waals surface area contributed by atoms with Crippen LogP contribution in [-0.4, -0.2) is 95.3 Å². The minimum Gasteiger partial charge on any atom is -0.455 e. The van der Waals surface area contributed by atoms with Crippen LogP contribution < -0.4 is 4.74 Å². The van der Waals surface area contributed by atoms with Crippen molar-refractivity contribution in [1.29, 1.82) is 0 Å². The van der Waals surface area contributed by atoms with Gasteiger partial charge < -0.3 is 38.3 Å². The van der Waals surface area contributed by atoms with Gasteiger partial charge in [-0.15, -0.1) is 0 Å². The van der Waals surface area contributed by atoms with Crippen LogP contribution in [0.5, 0.6) is 5.75 Å². The molecule has 4 aliphatic rings. The van der Waals surface area contributed by atoms with Crippen LogP contribution in [0.15, 0.2) is 96.1 Å². The van der Waals surface area contributed by atoms with E-state index in [1.165, 1.54) is 26.2 Å². The van der Waals surface area contributed by atoms with Gasteiger partial charge in [0.1, 0.15) is 35.4 Å². The largest absolute Gasteiger partial charge is 0.514 e. The normalized spacial score (nSPS) is 31.2. The maximum Gasteiger partial charge on any atom is 0.514 e. The molecule has 0 radical (unpaired) electrons. The maximum absolute atomic E-state index is 15.5. The van der Waals surface area contributed by atoms with E-state index in [9.17, 15) is 34.4 Å². The highest BCUT2D eigenvalue weighted by Gasteiger charge is 2.78. The summed E-state index contributed by atoms with van der Waals surface area (Å²) in [5.41, 5.74) is -5.28. The summed E-state index contributed by atoms with van der Waals surface area (Å²) in [7, 11) is 1.46. The molecule has 3 aromatic rings. The minimum atomic E-state index is -2.17. The predicted molar refractivity (Wildman–Crippen MR) is 226 cm³/mol. The third-order valence-corrected chi connectivity index (χ3v) is 14.2. The van der Waals surface area contributed by atoms with Crippen molar-refractivity contribution in [3.8, 4) is 5.75 Å². The Morgan fingerprint density at radius 2 is 1.56 bits per heavy atom. The van der Waals surface area contributed by atoms with E-state index in [0.717, 1.165) is 12.1 Å². The number of non-ortho nitro benzene ring substituents is 1. The molecule has 340 valence electrons. The van der Waals surface area contributed by atoms with E-state index in [4.69, 9.17) is 33.2 Å². The number of ether oxygens (including phenoxy) is 7. The van der Waals surface area contributed by atoms with Gasteiger partial charge in [0.25, 0.3) is 5.69 Å². The topological polar surface area (TPSA) is 213 Å². The van der Waals surface area contributed by atoms with Gasteiger partial charge in [0, 0.05) is 56.3 Å². The second-order valence-electron chi connectivity index (χ2n) is 18.0. The number of benzene rings is 3. The molecule has 64 heavy (non-hydrogen) atoms. The van der Waals surface area contributed by atoms with Gasteiger partial charge in [-0.1, -0.05) is 76.2 Å². The molecule has 16 nitrogen and oxygen atoms in total. The SMILES string of the molecule is CO[C@H]1C[C@H]2OC[C@@]2(OC(C)=O)[C@H]2[C@H](OC(=O)c3ccccc3)[C@]3(O)CC(OC(=O)[C@H](OC(=O)Oc4ccc([N+](=O)[O-])cc4)[C@@H](C)c4ccccc4)C(C)=C([C@@H](C)C(=O)[C@]12C)C3(C)C. The van der Waals surface area contributed by atoms with E-state index in [-0.39, 0.29) is 42.2 Å². The van der Waals surface area contributed by atoms with Crippen molar-refractivity contribution in [2.75, 3.05) is 13.7 Å². The molecule has 3 fully saturated rings. The number of carbonyl (C=O) groups is 5. The maximum atomic E-state index is 15.5. The van der Waals surface area contributed by atoms with E-state index in [2.05, 4.69) is 0 Å². The number of Topliss-reactive ketones (excluding diaryl/α,β-unsaturated/α-hetero) is 1. The van der Waals surface area contributed by atoms with E-state index in [0.29, 0.717) is 16.7 Å². The van der Waals surface area contributed by atoms with Crippen molar-refractivity contribution in [3.63, 3.8) is 0 Å². The molecular weight excluding hydrogens is 831 g/mol. The fourth-order valence-electron chi connectivity index (χ4n) is 10.9. The number of hydrogen-bond donors (Lipinski definition) is 1. The van der Waals surface area contributed by atoms with Crippen LogP contribution in [0.4, 0.5) is 10.5 Å². The lowest BCUT2D eigenvalue weighted by atomic mass is 9.43. The number of ketones is 1. The number of nitrogens with zero attached hydrogens (tertiary/aromatic N) is 1. The first kappa shape index (κ1) is 46.0. The molecule has 2 saturated carbocycles. The zero-order chi connectivity index (χ0) is 46.5. The molecule has 1 unspecified atom stereocenters. The summed E-state index contributed by atoms with van der Waals surface area (Å²) in [5, 5.41) is 25.0. The van der Waals surface area contributed by atoms with E-state index in [1.807, 2.05) is 0 Å². The summed E-state index contributed by atoms with van der Waals surface area (Å²) in [4.78, 5) is 81.6. The highest BCUT2D eigenvalue weighted by atomic mass is 16.7. The summed E-state index contributed by atoms with van der Waals surface area (Å²) < 4.78 is 42.2. The zero-order valence-corrected chi connectivity index (χ0v) is 36.9. The van der Waals surface area contributed by atoms with Crippen LogP contribution in [0.2, 0.25) is 0 Å². The van der Waals surface area contributed by atoms with Gasteiger partial charge in [-0.3, -0.25) is 19.7 Å². The van der Waals surface area contributed by atoms with Crippen molar-refractivity contribution in [1.82, 2.24) is 0 Å². The Balaban J connectivity index is 1.34. The van der Waals surface area contributed by atoms with Crippen LogP contribution in [0.25, 0.3) is 0 Å². The Labute approximate surface area is 370 Å². The standard InChI is InChI=1S/C48H53NO15/c1-26(30-15-11-9-12-16-30)38(62-44(54)60-33-21-19-32(20-22-33)49(56)57)43(53)61-34-24-48(55)41(63-42(52)31-17-13-10-14-18-31)39-46(7,40(51)28(3)37(27(34)2)45(48,5)6)35(58-8)23-36-47(39,25-59-36)64-29(4)50/h9-22,26,28,34-36,38-39,41,55H,23-25H2,1-8H3/t26-,28+,34?,35-,36+,38+,39-,41-,46+,47-,48+/m0/s1. The van der Waals surface area contributed by atoms with Crippen LogP contribution in [0.3, 0.4) is 0 Å².